The van der Waals surface area contributed by atoms with Crippen molar-refractivity contribution in [2.45, 2.75) is 25.3 Å². The molecule has 0 N–H and O–H groups in total. The van der Waals surface area contributed by atoms with Crippen LogP contribution in [0.4, 0.5) is 4.39 Å². The highest BCUT2D eigenvalue weighted by molar-refractivity contribution is 5.78. The lowest BCUT2D eigenvalue weighted by Crippen LogP contribution is -2.31. The molecule has 3 rings (SSSR count). The molecule has 1 aliphatic heterocycles. The number of rotatable bonds is 4. The molecule has 1 atom stereocenters. The molecule has 1 aliphatic rings. The summed E-state index contributed by atoms with van der Waals surface area (Å²) in [6.45, 7) is 0.777. The number of hydrogen-bond donors (Lipinski definition) is 0. The SMILES string of the molecule is O=C1CCCN1C(Cc1ccc(F)cc1)c1cccnc1. The molecule has 1 aromatic heterocycles. The maximum absolute atomic E-state index is 13.0. The highest BCUT2D eigenvalue weighted by atomic mass is 19.1. The maximum atomic E-state index is 13.0. The molecule has 108 valence electrons. The van der Waals surface area contributed by atoms with E-state index in [4.69, 9.17) is 0 Å². The van der Waals surface area contributed by atoms with Gasteiger partial charge in [-0.25, -0.2) is 4.39 Å². The van der Waals surface area contributed by atoms with Gasteiger partial charge in [-0.3, -0.25) is 9.78 Å². The van der Waals surface area contributed by atoms with Crippen molar-refractivity contribution in [3.8, 4) is 0 Å². The second-order valence-corrected chi connectivity index (χ2v) is 5.32. The predicted octanol–water partition coefficient (Wildman–Crippen LogP) is 3.13. The minimum atomic E-state index is -0.242. The lowest BCUT2D eigenvalue weighted by Gasteiger charge is -2.28. The summed E-state index contributed by atoms with van der Waals surface area (Å²) in [5, 5.41) is 0. The first kappa shape index (κ1) is 13.7. The summed E-state index contributed by atoms with van der Waals surface area (Å²) >= 11 is 0. The van der Waals surface area contributed by atoms with Gasteiger partial charge in [-0.2, -0.15) is 0 Å². The Bertz CT molecular complexity index is 612. The van der Waals surface area contributed by atoms with Crippen LogP contribution in [-0.4, -0.2) is 22.3 Å². The van der Waals surface area contributed by atoms with E-state index in [0.717, 1.165) is 24.1 Å². The number of amides is 1. The van der Waals surface area contributed by atoms with Gasteiger partial charge < -0.3 is 4.90 Å². The van der Waals surface area contributed by atoms with E-state index in [1.165, 1.54) is 12.1 Å². The Morgan fingerprint density at radius 3 is 2.67 bits per heavy atom. The minimum absolute atomic E-state index is 0.0286. The second-order valence-electron chi connectivity index (χ2n) is 5.32. The molecule has 1 aromatic carbocycles. The van der Waals surface area contributed by atoms with Crippen molar-refractivity contribution < 1.29 is 9.18 Å². The lowest BCUT2D eigenvalue weighted by atomic mass is 9.99. The number of carbonyl (C=O) groups excluding carboxylic acids is 1. The van der Waals surface area contributed by atoms with Crippen LogP contribution in [0, 0.1) is 5.82 Å². The van der Waals surface area contributed by atoms with Gasteiger partial charge in [0.25, 0.3) is 0 Å². The van der Waals surface area contributed by atoms with Gasteiger partial charge in [0.2, 0.25) is 5.91 Å². The molecule has 0 bridgehead atoms. The summed E-state index contributed by atoms with van der Waals surface area (Å²) in [5.41, 5.74) is 2.04. The molecule has 4 heteroatoms. The first-order valence-corrected chi connectivity index (χ1v) is 7.18. The van der Waals surface area contributed by atoms with E-state index in [1.807, 2.05) is 17.0 Å². The van der Waals surface area contributed by atoms with Crippen LogP contribution in [0.3, 0.4) is 0 Å². The van der Waals surface area contributed by atoms with Crippen molar-refractivity contribution in [1.29, 1.82) is 0 Å². The molecule has 0 spiro atoms. The molecule has 21 heavy (non-hydrogen) atoms. The van der Waals surface area contributed by atoms with Crippen LogP contribution in [0.15, 0.2) is 48.8 Å². The number of halogens is 1. The summed E-state index contributed by atoms with van der Waals surface area (Å²) in [5.74, 6) is -0.0557. The maximum Gasteiger partial charge on any atom is 0.223 e. The van der Waals surface area contributed by atoms with Crippen molar-refractivity contribution in [2.75, 3.05) is 6.54 Å². The van der Waals surface area contributed by atoms with Crippen LogP contribution in [0.5, 0.6) is 0 Å². The number of nitrogens with zero attached hydrogens (tertiary/aromatic N) is 2. The third-order valence-corrected chi connectivity index (χ3v) is 3.90. The Hall–Kier alpha value is -2.23. The Morgan fingerprint density at radius 1 is 1.24 bits per heavy atom. The Kier molecular flexibility index (Phi) is 3.95. The number of likely N-dealkylation sites (tertiary alicyclic amines) is 1. The average Bonchev–Trinajstić information content (AvgIpc) is 2.93. The highest BCUT2D eigenvalue weighted by Crippen LogP contribution is 2.28. The van der Waals surface area contributed by atoms with Crippen LogP contribution >= 0.6 is 0 Å². The second kappa shape index (κ2) is 6.04. The molecule has 1 fully saturated rings. The van der Waals surface area contributed by atoms with Gasteiger partial charge in [-0.05, 0) is 42.2 Å². The number of hydrogen-bond acceptors (Lipinski definition) is 2. The lowest BCUT2D eigenvalue weighted by molar-refractivity contribution is -0.129. The van der Waals surface area contributed by atoms with Crippen molar-refractivity contribution in [1.82, 2.24) is 9.88 Å². The molecular weight excluding hydrogens is 267 g/mol. The standard InChI is InChI=1S/C17H17FN2O/c18-15-7-5-13(6-8-15)11-16(14-3-1-9-19-12-14)20-10-2-4-17(20)21/h1,3,5-9,12,16H,2,4,10-11H2. The summed E-state index contributed by atoms with van der Waals surface area (Å²) in [6.07, 6.45) is 5.72. The monoisotopic (exact) mass is 284 g/mol. The quantitative estimate of drug-likeness (QED) is 0.864. The summed E-state index contributed by atoms with van der Waals surface area (Å²) < 4.78 is 13.0. The van der Waals surface area contributed by atoms with E-state index in [2.05, 4.69) is 4.98 Å². The Balaban J connectivity index is 1.88. The van der Waals surface area contributed by atoms with Gasteiger partial charge in [0.1, 0.15) is 5.82 Å². The zero-order valence-electron chi connectivity index (χ0n) is 11.7. The number of aromatic nitrogens is 1. The summed E-state index contributed by atoms with van der Waals surface area (Å²) in [4.78, 5) is 18.2. The number of benzene rings is 1. The van der Waals surface area contributed by atoms with Gasteiger partial charge >= 0.3 is 0 Å². The molecular formula is C17H17FN2O. The summed E-state index contributed by atoms with van der Waals surface area (Å²) in [7, 11) is 0. The molecule has 0 saturated carbocycles. The fourth-order valence-corrected chi connectivity index (χ4v) is 2.82. The molecule has 3 nitrogen and oxygen atoms in total. The zero-order valence-corrected chi connectivity index (χ0v) is 11.7. The van der Waals surface area contributed by atoms with Crippen LogP contribution in [0.1, 0.15) is 30.0 Å². The van der Waals surface area contributed by atoms with Gasteiger partial charge in [-0.15, -0.1) is 0 Å². The Morgan fingerprint density at radius 2 is 2.05 bits per heavy atom. The van der Waals surface area contributed by atoms with E-state index in [9.17, 15) is 9.18 Å². The van der Waals surface area contributed by atoms with Crippen LogP contribution in [0.25, 0.3) is 0 Å². The van der Waals surface area contributed by atoms with Gasteiger partial charge in [0.15, 0.2) is 0 Å². The molecule has 1 saturated heterocycles. The number of pyridine rings is 1. The zero-order chi connectivity index (χ0) is 14.7. The molecule has 1 unspecified atom stereocenters. The van der Waals surface area contributed by atoms with Crippen molar-refractivity contribution in [2.24, 2.45) is 0 Å². The van der Waals surface area contributed by atoms with E-state index < -0.39 is 0 Å². The van der Waals surface area contributed by atoms with Crippen molar-refractivity contribution >= 4 is 5.91 Å². The molecule has 1 amide bonds. The van der Waals surface area contributed by atoms with Crippen molar-refractivity contribution in [3.05, 3.63) is 65.7 Å². The van der Waals surface area contributed by atoms with E-state index in [0.29, 0.717) is 12.8 Å². The largest absolute Gasteiger partial charge is 0.335 e. The smallest absolute Gasteiger partial charge is 0.223 e. The van der Waals surface area contributed by atoms with E-state index in [-0.39, 0.29) is 17.8 Å². The fourth-order valence-electron chi connectivity index (χ4n) is 2.82. The topological polar surface area (TPSA) is 33.2 Å². The fraction of sp³-hybridized carbons (Fsp3) is 0.294. The highest BCUT2D eigenvalue weighted by Gasteiger charge is 2.29. The normalized spacial score (nSPS) is 16.2. The first-order valence-electron chi connectivity index (χ1n) is 7.18. The third kappa shape index (κ3) is 3.10. The number of carbonyl (C=O) groups is 1. The Labute approximate surface area is 123 Å². The van der Waals surface area contributed by atoms with E-state index in [1.54, 1.807) is 24.5 Å². The molecule has 0 radical (unpaired) electrons. The van der Waals surface area contributed by atoms with Gasteiger partial charge in [-0.1, -0.05) is 18.2 Å². The van der Waals surface area contributed by atoms with Crippen LogP contribution in [0.2, 0.25) is 0 Å². The van der Waals surface area contributed by atoms with E-state index >= 15 is 0 Å². The van der Waals surface area contributed by atoms with Crippen molar-refractivity contribution in [3.63, 3.8) is 0 Å². The van der Waals surface area contributed by atoms with Gasteiger partial charge in [0, 0.05) is 25.4 Å². The predicted molar refractivity (Wildman–Crippen MR) is 78.0 cm³/mol. The minimum Gasteiger partial charge on any atom is -0.335 e. The molecule has 0 aliphatic carbocycles. The summed E-state index contributed by atoms with van der Waals surface area (Å²) in [6, 6.07) is 10.3. The first-order chi connectivity index (χ1) is 10.2. The third-order valence-electron chi connectivity index (χ3n) is 3.90. The molecule has 2 aromatic rings. The van der Waals surface area contributed by atoms with Crippen LogP contribution in [-0.2, 0) is 11.2 Å². The van der Waals surface area contributed by atoms with Crippen LogP contribution < -0.4 is 0 Å². The average molecular weight is 284 g/mol. The molecule has 2 heterocycles. The van der Waals surface area contributed by atoms with Gasteiger partial charge in [0.05, 0.1) is 6.04 Å².